The molecule has 19 heavy (non-hydrogen) atoms. The first kappa shape index (κ1) is 13.6. The summed E-state index contributed by atoms with van der Waals surface area (Å²) in [4.78, 5) is 3.27. The molecular weight excluding hydrogens is 258 g/mol. The zero-order valence-electron chi connectivity index (χ0n) is 9.59. The molecule has 98 valence electrons. The molecule has 2 N–H and O–H groups in total. The van der Waals surface area contributed by atoms with E-state index in [0.717, 1.165) is 12.3 Å². The first-order valence-electron chi connectivity index (χ1n) is 5.37. The van der Waals surface area contributed by atoms with Crippen LogP contribution in [0.2, 0.25) is 0 Å². The molecule has 0 bridgehead atoms. The van der Waals surface area contributed by atoms with Gasteiger partial charge in [0.15, 0.2) is 0 Å². The van der Waals surface area contributed by atoms with Gasteiger partial charge in [-0.1, -0.05) is 24.3 Å². The van der Waals surface area contributed by atoms with Gasteiger partial charge in [-0.2, -0.15) is 13.2 Å². The zero-order chi connectivity index (χ0) is 14.0. The highest BCUT2D eigenvalue weighted by Gasteiger charge is 2.32. The minimum atomic E-state index is -4.51. The molecule has 2 rings (SSSR count). The lowest BCUT2D eigenvalue weighted by Gasteiger charge is -2.08. The largest absolute Gasteiger partial charge is 0.488 e. The quantitative estimate of drug-likeness (QED) is 0.809. The number of alkyl halides is 3. The van der Waals surface area contributed by atoms with E-state index in [9.17, 15) is 13.2 Å². The highest BCUT2D eigenvalue weighted by atomic mass is 19.4. The molecule has 1 aromatic heterocycles. The third-order valence-electron chi connectivity index (χ3n) is 2.57. The smallest absolute Gasteiger partial charge is 0.423 e. The Balaban J connectivity index is 2.45. The van der Waals surface area contributed by atoms with Crippen LogP contribution in [-0.4, -0.2) is 22.2 Å². The zero-order valence-corrected chi connectivity index (χ0v) is 9.59. The molecule has 0 aliphatic rings. The minimum Gasteiger partial charge on any atom is -0.423 e. The van der Waals surface area contributed by atoms with Crippen molar-refractivity contribution >= 4 is 12.6 Å². The number of pyridine rings is 1. The van der Waals surface area contributed by atoms with E-state index in [-0.39, 0.29) is 5.46 Å². The predicted molar refractivity (Wildman–Crippen MR) is 64.5 cm³/mol. The maximum Gasteiger partial charge on any atom is 0.488 e. The predicted octanol–water partition coefficient (Wildman–Crippen LogP) is 1.45. The molecule has 7 heteroatoms. The molecule has 2 aromatic rings. The molecule has 1 aromatic carbocycles. The van der Waals surface area contributed by atoms with Crippen LogP contribution < -0.4 is 5.46 Å². The molecule has 0 amide bonds. The Bertz CT molecular complexity index is 587. The van der Waals surface area contributed by atoms with E-state index in [1.165, 1.54) is 24.3 Å². The first-order chi connectivity index (χ1) is 8.88. The third kappa shape index (κ3) is 3.13. The molecule has 0 unspecified atom stereocenters. The Morgan fingerprint density at radius 3 is 2.32 bits per heavy atom. The van der Waals surface area contributed by atoms with Crippen LogP contribution in [-0.2, 0) is 6.18 Å². The van der Waals surface area contributed by atoms with Crippen molar-refractivity contribution in [1.29, 1.82) is 0 Å². The molecule has 0 aliphatic carbocycles. The normalized spacial score (nSPS) is 11.4. The molecule has 3 nitrogen and oxygen atoms in total. The molecule has 0 radical (unpaired) electrons. The summed E-state index contributed by atoms with van der Waals surface area (Å²) in [5.74, 6) is 0. The lowest BCUT2D eigenvalue weighted by atomic mass is 9.79. The average Bonchev–Trinajstić information content (AvgIpc) is 2.38. The number of hydrogen-bond acceptors (Lipinski definition) is 3. The Morgan fingerprint density at radius 2 is 1.68 bits per heavy atom. The van der Waals surface area contributed by atoms with E-state index >= 15 is 0 Å². The lowest BCUT2D eigenvalue weighted by Crippen LogP contribution is -2.29. The summed E-state index contributed by atoms with van der Waals surface area (Å²) >= 11 is 0. The van der Waals surface area contributed by atoms with E-state index in [0.29, 0.717) is 11.1 Å². The van der Waals surface area contributed by atoms with Gasteiger partial charge in [-0.15, -0.1) is 0 Å². The number of benzene rings is 1. The third-order valence-corrected chi connectivity index (χ3v) is 2.57. The van der Waals surface area contributed by atoms with Crippen LogP contribution in [0.1, 0.15) is 5.69 Å². The molecule has 0 spiro atoms. The minimum absolute atomic E-state index is 0.211. The van der Waals surface area contributed by atoms with Gasteiger partial charge in [-0.3, -0.25) is 4.98 Å². The standard InChI is InChI=1S/C12H9BF3NO2/c14-12(15,16)11-7-9(4-5-17-11)8-2-1-3-10(6-8)13(18)19/h1-7,18-19H. The van der Waals surface area contributed by atoms with Gasteiger partial charge in [0.05, 0.1) is 0 Å². The van der Waals surface area contributed by atoms with Gasteiger partial charge in [-0.25, -0.2) is 0 Å². The monoisotopic (exact) mass is 267 g/mol. The van der Waals surface area contributed by atoms with Gasteiger partial charge in [-0.05, 0) is 28.7 Å². The lowest BCUT2D eigenvalue weighted by molar-refractivity contribution is -0.141. The second-order valence-corrected chi connectivity index (χ2v) is 3.93. The van der Waals surface area contributed by atoms with Gasteiger partial charge in [0.1, 0.15) is 5.69 Å². The Hall–Kier alpha value is -1.86. The molecule has 0 fully saturated rings. The van der Waals surface area contributed by atoms with Gasteiger partial charge in [0.25, 0.3) is 0 Å². The van der Waals surface area contributed by atoms with E-state index in [4.69, 9.17) is 10.0 Å². The van der Waals surface area contributed by atoms with Gasteiger partial charge < -0.3 is 10.0 Å². The van der Waals surface area contributed by atoms with Gasteiger partial charge in [0.2, 0.25) is 0 Å². The summed E-state index contributed by atoms with van der Waals surface area (Å²) in [6, 6.07) is 8.36. The van der Waals surface area contributed by atoms with Crippen LogP contribution in [0.4, 0.5) is 13.2 Å². The van der Waals surface area contributed by atoms with Crippen molar-refractivity contribution in [2.24, 2.45) is 0 Å². The molecule has 1 heterocycles. The Labute approximate surface area is 107 Å². The van der Waals surface area contributed by atoms with Crippen molar-refractivity contribution in [1.82, 2.24) is 4.98 Å². The van der Waals surface area contributed by atoms with Crippen molar-refractivity contribution in [2.75, 3.05) is 0 Å². The molecule has 0 atom stereocenters. The summed E-state index contributed by atoms with van der Waals surface area (Å²) in [5.41, 5.74) is -0.00820. The van der Waals surface area contributed by atoms with Gasteiger partial charge >= 0.3 is 13.3 Å². The van der Waals surface area contributed by atoms with Crippen LogP contribution in [0.5, 0.6) is 0 Å². The Morgan fingerprint density at radius 1 is 1.00 bits per heavy atom. The summed E-state index contributed by atoms with van der Waals surface area (Å²) in [7, 11) is -1.66. The number of hydrogen-bond donors (Lipinski definition) is 2. The molecule has 0 aliphatic heterocycles. The van der Waals surface area contributed by atoms with Crippen molar-refractivity contribution in [2.45, 2.75) is 6.18 Å². The summed E-state index contributed by atoms with van der Waals surface area (Å²) < 4.78 is 37.6. The van der Waals surface area contributed by atoms with E-state index in [1.807, 2.05) is 0 Å². The first-order valence-corrected chi connectivity index (χ1v) is 5.37. The van der Waals surface area contributed by atoms with Crippen LogP contribution in [0.25, 0.3) is 11.1 Å². The SMILES string of the molecule is OB(O)c1cccc(-c2ccnc(C(F)(F)F)c2)c1. The second-order valence-electron chi connectivity index (χ2n) is 3.93. The molecule has 0 saturated heterocycles. The van der Waals surface area contributed by atoms with Crippen molar-refractivity contribution in [3.8, 4) is 11.1 Å². The fourth-order valence-electron chi connectivity index (χ4n) is 1.64. The fraction of sp³-hybridized carbons (Fsp3) is 0.0833. The number of halogens is 3. The maximum atomic E-state index is 12.5. The Kier molecular flexibility index (Phi) is 3.59. The highest BCUT2D eigenvalue weighted by Crippen LogP contribution is 2.30. The topological polar surface area (TPSA) is 53.4 Å². The van der Waals surface area contributed by atoms with Gasteiger partial charge in [0, 0.05) is 6.20 Å². The second kappa shape index (κ2) is 5.03. The van der Waals surface area contributed by atoms with Crippen molar-refractivity contribution in [3.63, 3.8) is 0 Å². The number of aromatic nitrogens is 1. The average molecular weight is 267 g/mol. The van der Waals surface area contributed by atoms with Crippen LogP contribution >= 0.6 is 0 Å². The maximum absolute atomic E-state index is 12.5. The molecular formula is C12H9BF3NO2. The summed E-state index contributed by atoms with van der Waals surface area (Å²) in [6.45, 7) is 0. The molecule has 0 saturated carbocycles. The number of nitrogens with zero attached hydrogens (tertiary/aromatic N) is 1. The highest BCUT2D eigenvalue weighted by molar-refractivity contribution is 6.58. The van der Waals surface area contributed by atoms with Crippen LogP contribution in [0.3, 0.4) is 0 Å². The van der Waals surface area contributed by atoms with Crippen molar-refractivity contribution in [3.05, 3.63) is 48.3 Å². The number of rotatable bonds is 2. The van der Waals surface area contributed by atoms with Crippen LogP contribution in [0, 0.1) is 0 Å². The van der Waals surface area contributed by atoms with E-state index in [2.05, 4.69) is 4.98 Å². The fourth-order valence-corrected chi connectivity index (χ4v) is 1.64. The van der Waals surface area contributed by atoms with Crippen molar-refractivity contribution < 1.29 is 23.2 Å². The van der Waals surface area contributed by atoms with E-state index < -0.39 is 19.0 Å². The van der Waals surface area contributed by atoms with Crippen LogP contribution in [0.15, 0.2) is 42.6 Å². The van der Waals surface area contributed by atoms with E-state index in [1.54, 1.807) is 6.07 Å². The summed E-state index contributed by atoms with van der Waals surface area (Å²) in [6.07, 6.45) is -3.44. The summed E-state index contributed by atoms with van der Waals surface area (Å²) in [5, 5.41) is 18.1.